The van der Waals surface area contributed by atoms with E-state index in [2.05, 4.69) is 9.46 Å². The predicted molar refractivity (Wildman–Crippen MR) is 94.1 cm³/mol. The Morgan fingerprint density at radius 2 is 1.75 bits per heavy atom. The monoisotopic (exact) mass is 367 g/mol. The summed E-state index contributed by atoms with van der Waals surface area (Å²) in [6, 6.07) is 10.9. The first kappa shape index (κ1) is 18.3. The van der Waals surface area contributed by atoms with E-state index >= 15 is 0 Å². The number of carbonyl (C=O) groups excluding carboxylic acids is 1. The molecule has 1 N–H and O–H groups in total. The van der Waals surface area contributed by atoms with Crippen LogP contribution in [0.25, 0.3) is 0 Å². The van der Waals surface area contributed by atoms with Gasteiger partial charge in [0.2, 0.25) is 0 Å². The lowest BCUT2D eigenvalue weighted by molar-refractivity contribution is 0.0601. The number of halogens is 1. The van der Waals surface area contributed by atoms with Crippen molar-refractivity contribution in [1.82, 2.24) is 0 Å². The molecule has 0 heterocycles. The molecule has 0 unspecified atom stereocenters. The van der Waals surface area contributed by atoms with Crippen molar-refractivity contribution in [3.63, 3.8) is 0 Å². The van der Waals surface area contributed by atoms with Crippen molar-refractivity contribution in [3.05, 3.63) is 58.6 Å². The number of anilines is 1. The number of sulfonamides is 1. The molecule has 0 radical (unpaired) electrons. The summed E-state index contributed by atoms with van der Waals surface area (Å²) < 4.78 is 32.0. The largest absolute Gasteiger partial charge is 0.465 e. The second kappa shape index (κ2) is 7.23. The van der Waals surface area contributed by atoms with Crippen LogP contribution in [0.4, 0.5) is 5.69 Å². The summed E-state index contributed by atoms with van der Waals surface area (Å²) >= 11 is 6.03. The zero-order valence-electron chi connectivity index (χ0n) is 13.5. The first-order chi connectivity index (χ1) is 11.2. The fourth-order valence-corrected chi connectivity index (χ4v) is 3.38. The van der Waals surface area contributed by atoms with Crippen molar-refractivity contribution in [3.8, 4) is 0 Å². The molecule has 0 amide bonds. The Labute approximate surface area is 146 Å². The zero-order chi connectivity index (χ0) is 17.9. The van der Waals surface area contributed by atoms with Crippen LogP contribution in [0.15, 0.2) is 47.4 Å². The summed E-state index contributed by atoms with van der Waals surface area (Å²) in [4.78, 5) is 11.7. The molecule has 0 spiro atoms. The van der Waals surface area contributed by atoms with E-state index in [0.717, 1.165) is 5.56 Å². The highest BCUT2D eigenvalue weighted by Crippen LogP contribution is 2.27. The molecule has 0 aliphatic heterocycles. The third kappa shape index (κ3) is 4.07. The first-order valence-electron chi connectivity index (χ1n) is 7.25. The van der Waals surface area contributed by atoms with E-state index in [1.807, 2.05) is 13.8 Å². The Morgan fingerprint density at radius 1 is 1.12 bits per heavy atom. The number of carbonyl (C=O) groups is 1. The SMILES string of the molecule is COC(=O)c1ccc(Cl)c(NS(=O)(=O)c2ccc(C(C)C)cc2)c1. The molecule has 0 fully saturated rings. The standard InChI is InChI=1S/C17H18ClNO4S/c1-11(2)12-4-7-14(8-5-12)24(21,22)19-16-10-13(17(20)23-3)6-9-15(16)18/h4-11,19H,1-3H3. The van der Waals surface area contributed by atoms with Gasteiger partial charge in [0, 0.05) is 0 Å². The number of rotatable bonds is 5. The molecule has 24 heavy (non-hydrogen) atoms. The molecule has 2 rings (SSSR count). The fourth-order valence-electron chi connectivity index (χ4n) is 2.08. The average molecular weight is 368 g/mol. The molecule has 0 atom stereocenters. The van der Waals surface area contributed by atoms with Crippen LogP contribution in [0, 0.1) is 0 Å². The summed E-state index contributed by atoms with van der Waals surface area (Å²) in [6.07, 6.45) is 0. The highest BCUT2D eigenvalue weighted by Gasteiger charge is 2.17. The van der Waals surface area contributed by atoms with E-state index in [1.165, 1.54) is 37.4 Å². The van der Waals surface area contributed by atoms with Gasteiger partial charge in [0.15, 0.2) is 0 Å². The molecular formula is C17H18ClNO4S. The maximum atomic E-state index is 12.5. The van der Waals surface area contributed by atoms with Gasteiger partial charge in [-0.3, -0.25) is 4.72 Å². The van der Waals surface area contributed by atoms with Gasteiger partial charge in [-0.05, 0) is 41.8 Å². The topological polar surface area (TPSA) is 72.5 Å². The van der Waals surface area contributed by atoms with Crippen molar-refractivity contribution in [2.75, 3.05) is 11.8 Å². The molecule has 0 aromatic heterocycles. The summed E-state index contributed by atoms with van der Waals surface area (Å²) in [6.45, 7) is 4.06. The summed E-state index contributed by atoms with van der Waals surface area (Å²) in [7, 11) is -2.57. The number of nitrogens with one attached hydrogen (secondary N) is 1. The normalized spacial score (nSPS) is 11.4. The van der Waals surface area contributed by atoms with E-state index in [9.17, 15) is 13.2 Å². The fraction of sp³-hybridized carbons (Fsp3) is 0.235. The molecule has 2 aromatic carbocycles. The number of hydrogen-bond acceptors (Lipinski definition) is 4. The number of esters is 1. The van der Waals surface area contributed by atoms with Crippen molar-refractivity contribution >= 4 is 33.3 Å². The van der Waals surface area contributed by atoms with Crippen LogP contribution >= 0.6 is 11.6 Å². The minimum absolute atomic E-state index is 0.117. The molecule has 0 bridgehead atoms. The smallest absolute Gasteiger partial charge is 0.337 e. The molecule has 0 saturated carbocycles. The molecule has 128 valence electrons. The Bertz CT molecular complexity index is 845. The van der Waals surface area contributed by atoms with Gasteiger partial charge in [-0.2, -0.15) is 0 Å². The van der Waals surface area contributed by atoms with Crippen LogP contribution in [0.1, 0.15) is 35.7 Å². The zero-order valence-corrected chi connectivity index (χ0v) is 15.1. The highest BCUT2D eigenvalue weighted by molar-refractivity contribution is 7.92. The van der Waals surface area contributed by atoms with Gasteiger partial charge in [-0.1, -0.05) is 37.6 Å². The molecule has 5 nitrogen and oxygen atoms in total. The van der Waals surface area contributed by atoms with Gasteiger partial charge in [0.1, 0.15) is 0 Å². The van der Waals surface area contributed by atoms with E-state index in [4.69, 9.17) is 11.6 Å². The van der Waals surface area contributed by atoms with E-state index < -0.39 is 16.0 Å². The van der Waals surface area contributed by atoms with E-state index in [1.54, 1.807) is 12.1 Å². The number of ether oxygens (including phenoxy) is 1. The predicted octanol–water partition coefficient (Wildman–Crippen LogP) is 4.05. The third-order valence-corrected chi connectivity index (χ3v) is 5.20. The average Bonchev–Trinajstić information content (AvgIpc) is 2.56. The van der Waals surface area contributed by atoms with Crippen molar-refractivity contribution in [1.29, 1.82) is 0 Å². The molecule has 0 saturated heterocycles. The Morgan fingerprint density at radius 3 is 2.29 bits per heavy atom. The maximum absolute atomic E-state index is 12.5. The number of benzene rings is 2. The lowest BCUT2D eigenvalue weighted by Gasteiger charge is -2.12. The lowest BCUT2D eigenvalue weighted by Crippen LogP contribution is -2.14. The van der Waals surface area contributed by atoms with Gasteiger partial charge in [0.05, 0.1) is 28.3 Å². The van der Waals surface area contributed by atoms with Crippen molar-refractivity contribution in [2.45, 2.75) is 24.7 Å². The molecule has 2 aromatic rings. The summed E-state index contributed by atoms with van der Waals surface area (Å²) in [5, 5.41) is 0.185. The van der Waals surface area contributed by atoms with Gasteiger partial charge < -0.3 is 4.74 Å². The van der Waals surface area contributed by atoms with Crippen molar-refractivity contribution in [2.24, 2.45) is 0 Å². The molecular weight excluding hydrogens is 350 g/mol. The number of hydrogen-bond donors (Lipinski definition) is 1. The third-order valence-electron chi connectivity index (χ3n) is 3.49. The Hall–Kier alpha value is -2.05. The Balaban J connectivity index is 2.33. The second-order valence-corrected chi connectivity index (χ2v) is 7.61. The van der Waals surface area contributed by atoms with Crippen LogP contribution in [0.2, 0.25) is 5.02 Å². The van der Waals surface area contributed by atoms with Crippen LogP contribution in [-0.2, 0) is 14.8 Å². The highest BCUT2D eigenvalue weighted by atomic mass is 35.5. The summed E-state index contributed by atoms with van der Waals surface area (Å²) in [5.41, 5.74) is 1.36. The minimum atomic E-state index is -3.81. The molecule has 0 aliphatic carbocycles. The molecule has 0 aliphatic rings. The van der Waals surface area contributed by atoms with E-state index in [0.29, 0.717) is 5.92 Å². The van der Waals surface area contributed by atoms with Crippen LogP contribution in [-0.4, -0.2) is 21.5 Å². The van der Waals surface area contributed by atoms with Crippen molar-refractivity contribution < 1.29 is 17.9 Å². The maximum Gasteiger partial charge on any atom is 0.337 e. The minimum Gasteiger partial charge on any atom is -0.465 e. The summed E-state index contributed by atoms with van der Waals surface area (Å²) in [5.74, 6) is -0.269. The van der Waals surface area contributed by atoms with Crippen LogP contribution in [0.3, 0.4) is 0 Å². The lowest BCUT2D eigenvalue weighted by atomic mass is 10.0. The van der Waals surface area contributed by atoms with Gasteiger partial charge >= 0.3 is 5.97 Å². The van der Waals surface area contributed by atoms with Gasteiger partial charge in [0.25, 0.3) is 10.0 Å². The van der Waals surface area contributed by atoms with E-state index in [-0.39, 0.29) is 21.2 Å². The second-order valence-electron chi connectivity index (χ2n) is 5.52. The number of methoxy groups -OCH3 is 1. The van der Waals surface area contributed by atoms with Crippen LogP contribution < -0.4 is 4.72 Å². The van der Waals surface area contributed by atoms with Gasteiger partial charge in [-0.25, -0.2) is 13.2 Å². The van der Waals surface area contributed by atoms with Crippen LogP contribution in [0.5, 0.6) is 0 Å². The first-order valence-corrected chi connectivity index (χ1v) is 9.11. The molecule has 7 heteroatoms. The Kier molecular flexibility index (Phi) is 5.51. The quantitative estimate of drug-likeness (QED) is 0.809. The van der Waals surface area contributed by atoms with Gasteiger partial charge in [-0.15, -0.1) is 0 Å².